The largest absolute Gasteiger partial charge is 0.481 e. The van der Waals surface area contributed by atoms with Crippen LogP contribution in [0.5, 0.6) is 0 Å². The van der Waals surface area contributed by atoms with Crippen LogP contribution in [0.3, 0.4) is 0 Å². The second-order valence-electron chi connectivity index (χ2n) is 5.18. The average Bonchev–Trinajstić information content (AvgIpc) is 2.38. The van der Waals surface area contributed by atoms with Crippen LogP contribution in [0.15, 0.2) is 0 Å². The Labute approximate surface area is 117 Å². The number of carbonyl (C=O) groups excluding carboxylic acids is 1. The number of carboxylic acids is 2. The Morgan fingerprint density at radius 3 is 2.30 bits per heavy atom. The molecular formula is C13H22N2O5. The Morgan fingerprint density at radius 1 is 1.10 bits per heavy atom. The topological polar surface area (TPSA) is 116 Å². The molecule has 0 spiro atoms. The minimum atomic E-state index is -1.40. The van der Waals surface area contributed by atoms with Gasteiger partial charge in [0.05, 0.1) is 6.42 Å². The Morgan fingerprint density at radius 2 is 1.75 bits per heavy atom. The molecule has 1 aliphatic carbocycles. The lowest BCUT2D eigenvalue weighted by molar-refractivity contribution is -0.145. The van der Waals surface area contributed by atoms with E-state index in [4.69, 9.17) is 10.2 Å². The van der Waals surface area contributed by atoms with Gasteiger partial charge in [0.25, 0.3) is 0 Å². The Bertz CT molecular complexity index is 353. The number of rotatable bonds is 7. The van der Waals surface area contributed by atoms with E-state index >= 15 is 0 Å². The van der Waals surface area contributed by atoms with Gasteiger partial charge < -0.3 is 20.8 Å². The van der Waals surface area contributed by atoms with Crippen LogP contribution in [0.2, 0.25) is 0 Å². The first-order valence-corrected chi connectivity index (χ1v) is 6.98. The van der Waals surface area contributed by atoms with Gasteiger partial charge in [0.1, 0.15) is 6.04 Å². The number of hydrogen-bond acceptors (Lipinski definition) is 3. The van der Waals surface area contributed by atoms with Gasteiger partial charge in [-0.3, -0.25) is 4.79 Å². The van der Waals surface area contributed by atoms with Crippen LogP contribution >= 0.6 is 0 Å². The molecular weight excluding hydrogens is 264 g/mol. The molecule has 114 valence electrons. The lowest BCUT2D eigenvalue weighted by Gasteiger charge is -2.21. The van der Waals surface area contributed by atoms with Crippen molar-refractivity contribution in [2.45, 2.75) is 51.0 Å². The van der Waals surface area contributed by atoms with Gasteiger partial charge >= 0.3 is 18.0 Å². The quantitative estimate of drug-likeness (QED) is 0.561. The van der Waals surface area contributed by atoms with Crippen LogP contribution in [-0.4, -0.2) is 40.8 Å². The maximum atomic E-state index is 11.5. The summed E-state index contributed by atoms with van der Waals surface area (Å²) in [6, 6.07) is -2.03. The van der Waals surface area contributed by atoms with Crippen molar-refractivity contribution < 1.29 is 24.6 Å². The summed E-state index contributed by atoms with van der Waals surface area (Å²) in [5.74, 6) is -1.99. The second kappa shape index (κ2) is 8.39. The molecule has 1 rings (SSSR count). The molecule has 7 nitrogen and oxygen atoms in total. The molecule has 0 aliphatic heterocycles. The minimum Gasteiger partial charge on any atom is -0.481 e. The molecule has 0 aromatic heterocycles. The molecule has 7 heteroatoms. The molecule has 0 aromatic rings. The summed E-state index contributed by atoms with van der Waals surface area (Å²) >= 11 is 0. The number of hydrogen-bond donors (Lipinski definition) is 4. The highest BCUT2D eigenvalue weighted by Gasteiger charge is 2.23. The molecule has 1 fully saturated rings. The van der Waals surface area contributed by atoms with Gasteiger partial charge in [0.2, 0.25) is 0 Å². The van der Waals surface area contributed by atoms with Gasteiger partial charge in [-0.25, -0.2) is 9.59 Å². The third-order valence-electron chi connectivity index (χ3n) is 3.55. The molecule has 1 atom stereocenters. The molecule has 0 unspecified atom stereocenters. The van der Waals surface area contributed by atoms with Gasteiger partial charge in [-0.15, -0.1) is 0 Å². The zero-order valence-corrected chi connectivity index (χ0v) is 11.4. The van der Waals surface area contributed by atoms with Gasteiger partial charge in [-0.1, -0.05) is 32.1 Å². The number of aliphatic carboxylic acids is 2. The van der Waals surface area contributed by atoms with Crippen LogP contribution in [0, 0.1) is 5.92 Å². The van der Waals surface area contributed by atoms with Crippen LogP contribution in [0.4, 0.5) is 4.79 Å². The standard InChI is InChI=1S/C13H22N2O5/c16-11(17)8-10(12(18)19)15-13(20)14-7-6-9-4-2-1-3-5-9/h9-10H,1-8H2,(H,16,17)(H,18,19)(H2,14,15,20)/t10-/m1/s1. The van der Waals surface area contributed by atoms with E-state index in [0.29, 0.717) is 12.5 Å². The SMILES string of the molecule is O=C(O)C[C@@H](NC(=O)NCCC1CCCCC1)C(=O)O. The molecule has 0 radical (unpaired) electrons. The predicted molar refractivity (Wildman–Crippen MR) is 71.4 cm³/mol. The van der Waals surface area contributed by atoms with E-state index in [-0.39, 0.29) is 0 Å². The summed E-state index contributed by atoms with van der Waals surface area (Å²) in [5.41, 5.74) is 0. The van der Waals surface area contributed by atoms with Crippen molar-refractivity contribution in [3.8, 4) is 0 Å². The predicted octanol–water partition coefficient (Wildman–Crippen LogP) is 1.18. The average molecular weight is 286 g/mol. The van der Waals surface area contributed by atoms with Crippen molar-refractivity contribution >= 4 is 18.0 Å². The van der Waals surface area contributed by atoms with E-state index in [0.717, 1.165) is 6.42 Å². The molecule has 4 N–H and O–H groups in total. The van der Waals surface area contributed by atoms with Gasteiger partial charge in [-0.2, -0.15) is 0 Å². The third kappa shape index (κ3) is 6.40. The molecule has 2 amide bonds. The highest BCUT2D eigenvalue weighted by molar-refractivity contribution is 5.86. The van der Waals surface area contributed by atoms with Crippen molar-refractivity contribution in [1.82, 2.24) is 10.6 Å². The molecule has 0 bridgehead atoms. The first-order chi connectivity index (χ1) is 9.49. The van der Waals surface area contributed by atoms with E-state index in [9.17, 15) is 14.4 Å². The van der Waals surface area contributed by atoms with Crippen molar-refractivity contribution in [3.05, 3.63) is 0 Å². The van der Waals surface area contributed by atoms with Crippen LogP contribution in [0.1, 0.15) is 44.9 Å². The van der Waals surface area contributed by atoms with E-state index < -0.39 is 30.4 Å². The van der Waals surface area contributed by atoms with Crippen molar-refractivity contribution in [1.29, 1.82) is 0 Å². The molecule has 0 saturated heterocycles. The first-order valence-electron chi connectivity index (χ1n) is 6.98. The monoisotopic (exact) mass is 286 g/mol. The maximum absolute atomic E-state index is 11.5. The van der Waals surface area contributed by atoms with Gasteiger partial charge in [0, 0.05) is 6.54 Å². The summed E-state index contributed by atoms with van der Waals surface area (Å²) in [5, 5.41) is 22.1. The summed E-state index contributed by atoms with van der Waals surface area (Å²) in [7, 11) is 0. The van der Waals surface area contributed by atoms with E-state index in [1.165, 1.54) is 32.1 Å². The summed E-state index contributed by atoms with van der Waals surface area (Å²) < 4.78 is 0. The zero-order valence-electron chi connectivity index (χ0n) is 11.4. The van der Waals surface area contributed by atoms with Crippen molar-refractivity contribution in [2.24, 2.45) is 5.92 Å². The van der Waals surface area contributed by atoms with Gasteiger partial charge in [-0.05, 0) is 12.3 Å². The summed E-state index contributed by atoms with van der Waals surface area (Å²) in [6.07, 6.45) is 6.35. The fraction of sp³-hybridized carbons (Fsp3) is 0.769. The fourth-order valence-corrected chi connectivity index (χ4v) is 2.45. The minimum absolute atomic E-state index is 0.482. The van der Waals surface area contributed by atoms with E-state index in [2.05, 4.69) is 10.6 Å². The number of amides is 2. The van der Waals surface area contributed by atoms with E-state index in [1.54, 1.807) is 0 Å². The fourth-order valence-electron chi connectivity index (χ4n) is 2.45. The highest BCUT2D eigenvalue weighted by Crippen LogP contribution is 2.25. The zero-order chi connectivity index (χ0) is 15.0. The van der Waals surface area contributed by atoms with E-state index in [1.807, 2.05) is 0 Å². The van der Waals surface area contributed by atoms with Crippen molar-refractivity contribution in [2.75, 3.05) is 6.54 Å². The smallest absolute Gasteiger partial charge is 0.326 e. The molecule has 0 aromatic carbocycles. The third-order valence-corrected chi connectivity index (χ3v) is 3.55. The second-order valence-corrected chi connectivity index (χ2v) is 5.18. The number of carbonyl (C=O) groups is 3. The van der Waals surface area contributed by atoms with Crippen LogP contribution in [0.25, 0.3) is 0 Å². The molecule has 1 aliphatic rings. The molecule has 20 heavy (non-hydrogen) atoms. The molecule has 0 heterocycles. The molecule has 1 saturated carbocycles. The lowest BCUT2D eigenvalue weighted by atomic mass is 9.87. The first kappa shape index (κ1) is 16.3. The maximum Gasteiger partial charge on any atom is 0.326 e. The summed E-state index contributed by atoms with van der Waals surface area (Å²) in [6.45, 7) is 0.482. The lowest BCUT2D eigenvalue weighted by Crippen LogP contribution is -2.47. The number of urea groups is 1. The van der Waals surface area contributed by atoms with Crippen LogP contribution in [-0.2, 0) is 9.59 Å². The van der Waals surface area contributed by atoms with Crippen LogP contribution < -0.4 is 10.6 Å². The van der Waals surface area contributed by atoms with Crippen molar-refractivity contribution in [3.63, 3.8) is 0 Å². The normalized spacial score (nSPS) is 17.2. The highest BCUT2D eigenvalue weighted by atomic mass is 16.4. The van der Waals surface area contributed by atoms with Gasteiger partial charge in [0.15, 0.2) is 0 Å². The Balaban J connectivity index is 2.23. The Hall–Kier alpha value is -1.79. The Kier molecular flexibility index (Phi) is 6.83. The number of nitrogens with one attached hydrogen (secondary N) is 2. The summed E-state index contributed by atoms with van der Waals surface area (Å²) in [4.78, 5) is 32.8. The number of carboxylic acid groups (broad SMARTS) is 2.